The van der Waals surface area contributed by atoms with E-state index in [1.165, 1.54) is 0 Å². The summed E-state index contributed by atoms with van der Waals surface area (Å²) in [6, 6.07) is 3.91. The molecule has 3 nitrogen and oxygen atoms in total. The van der Waals surface area contributed by atoms with E-state index in [1.54, 1.807) is 11.3 Å². The lowest BCUT2D eigenvalue weighted by atomic mass is 9.78. The second-order valence-corrected chi connectivity index (χ2v) is 5.61. The molecule has 0 spiro atoms. The maximum Gasteiger partial charge on any atom is 0.235 e. The smallest absolute Gasteiger partial charge is 0.235 e. The van der Waals surface area contributed by atoms with Gasteiger partial charge in [0.15, 0.2) is 0 Å². The summed E-state index contributed by atoms with van der Waals surface area (Å²) in [5.41, 5.74) is -0.627. The van der Waals surface area contributed by atoms with Gasteiger partial charge in [0, 0.05) is 4.88 Å². The Labute approximate surface area is 110 Å². The van der Waals surface area contributed by atoms with Crippen LogP contribution in [0.15, 0.2) is 17.5 Å². The molecule has 5 heteroatoms. The molecular weight excluding hydrogens is 258 g/mol. The van der Waals surface area contributed by atoms with Crippen molar-refractivity contribution in [2.24, 2.45) is 0 Å². The molecular formula is C12H16ClNO2S. The van der Waals surface area contributed by atoms with E-state index in [0.29, 0.717) is 0 Å². The lowest BCUT2D eigenvalue weighted by Gasteiger charge is -2.41. The summed E-state index contributed by atoms with van der Waals surface area (Å²) >= 11 is 7.12. The van der Waals surface area contributed by atoms with Crippen LogP contribution in [0.2, 0.25) is 0 Å². The van der Waals surface area contributed by atoms with Crippen LogP contribution in [-0.2, 0) is 10.3 Å². The monoisotopic (exact) mass is 273 g/mol. The Balaban J connectivity index is 2.31. The minimum atomic E-state index is -0.627. The maximum atomic E-state index is 11.6. The van der Waals surface area contributed by atoms with Crippen molar-refractivity contribution in [3.63, 3.8) is 0 Å². The number of aliphatic hydroxyl groups excluding tert-OH is 1. The van der Waals surface area contributed by atoms with E-state index in [1.807, 2.05) is 17.5 Å². The fraction of sp³-hybridized carbons (Fsp3) is 0.583. The Morgan fingerprint density at radius 3 is 3.06 bits per heavy atom. The molecule has 1 amide bonds. The van der Waals surface area contributed by atoms with Gasteiger partial charge in [0.2, 0.25) is 5.91 Å². The first-order valence-corrected chi connectivity index (χ1v) is 7.19. The number of thiophene rings is 1. The number of amides is 1. The van der Waals surface area contributed by atoms with E-state index in [0.717, 1.165) is 30.6 Å². The molecule has 2 atom stereocenters. The van der Waals surface area contributed by atoms with E-state index in [4.69, 9.17) is 11.6 Å². The van der Waals surface area contributed by atoms with Gasteiger partial charge in [-0.2, -0.15) is 0 Å². The van der Waals surface area contributed by atoms with Gasteiger partial charge in [0.25, 0.3) is 0 Å². The Morgan fingerprint density at radius 2 is 2.47 bits per heavy atom. The van der Waals surface area contributed by atoms with Crippen molar-refractivity contribution in [1.29, 1.82) is 0 Å². The molecule has 1 saturated carbocycles. The number of carbonyl (C=O) groups is 1. The first-order valence-electron chi connectivity index (χ1n) is 5.78. The van der Waals surface area contributed by atoms with E-state index < -0.39 is 11.6 Å². The zero-order chi connectivity index (χ0) is 12.3. The van der Waals surface area contributed by atoms with Crippen LogP contribution < -0.4 is 5.32 Å². The van der Waals surface area contributed by atoms with Crippen LogP contribution in [0, 0.1) is 0 Å². The van der Waals surface area contributed by atoms with Gasteiger partial charge in [0.1, 0.15) is 11.4 Å². The summed E-state index contributed by atoms with van der Waals surface area (Å²) in [5.74, 6) is -0.291. The molecule has 1 aliphatic carbocycles. The van der Waals surface area contributed by atoms with Gasteiger partial charge in [-0.25, -0.2) is 0 Å². The molecule has 1 fully saturated rings. The van der Waals surface area contributed by atoms with Crippen molar-refractivity contribution < 1.29 is 9.90 Å². The number of nitrogens with one attached hydrogen (secondary N) is 1. The van der Waals surface area contributed by atoms with Crippen molar-refractivity contribution in [2.75, 3.05) is 5.88 Å². The van der Waals surface area contributed by atoms with Crippen molar-refractivity contribution in [1.82, 2.24) is 5.32 Å². The van der Waals surface area contributed by atoms with Gasteiger partial charge in [-0.1, -0.05) is 18.9 Å². The molecule has 94 valence electrons. The van der Waals surface area contributed by atoms with E-state index in [2.05, 4.69) is 5.32 Å². The summed E-state index contributed by atoms with van der Waals surface area (Å²) < 4.78 is 0. The number of rotatable bonds is 3. The van der Waals surface area contributed by atoms with Gasteiger partial charge < -0.3 is 10.4 Å². The standard InChI is InChI=1S/C12H16ClNO2S/c13-8-11(16)14-12(10-5-3-7-17-10)6-2-1-4-9(12)15/h3,5,7,9,15H,1-2,4,6,8H2,(H,14,16)/t9-,12+/m0/s1. The first kappa shape index (κ1) is 12.9. The molecule has 0 aromatic carbocycles. The molecule has 0 aliphatic heterocycles. The van der Waals surface area contributed by atoms with Gasteiger partial charge in [-0.3, -0.25) is 4.79 Å². The molecule has 1 aromatic rings. The zero-order valence-corrected chi connectivity index (χ0v) is 11.1. The van der Waals surface area contributed by atoms with Crippen LogP contribution in [0.25, 0.3) is 0 Å². The Bertz CT molecular complexity index is 382. The fourth-order valence-corrected chi connectivity index (χ4v) is 3.49. The summed E-state index contributed by atoms with van der Waals surface area (Å²) in [6.07, 6.45) is 2.99. The van der Waals surface area contributed by atoms with Crippen LogP contribution >= 0.6 is 22.9 Å². The number of aliphatic hydroxyl groups is 1. The van der Waals surface area contributed by atoms with Crippen LogP contribution in [0.5, 0.6) is 0 Å². The minimum absolute atomic E-state index is 0.0696. The van der Waals surface area contributed by atoms with Crippen LogP contribution in [0.1, 0.15) is 30.6 Å². The first-order chi connectivity index (χ1) is 8.19. The molecule has 0 bridgehead atoms. The highest BCUT2D eigenvalue weighted by Crippen LogP contribution is 2.39. The molecule has 1 aliphatic rings. The summed E-state index contributed by atoms with van der Waals surface area (Å²) in [5, 5.41) is 15.2. The van der Waals surface area contributed by atoms with Gasteiger partial charge >= 0.3 is 0 Å². The average molecular weight is 274 g/mol. The summed E-state index contributed by atoms with van der Waals surface area (Å²) in [4.78, 5) is 12.6. The van der Waals surface area contributed by atoms with Crippen molar-refractivity contribution in [3.8, 4) is 0 Å². The number of alkyl halides is 1. The Hall–Kier alpha value is -0.580. The third-order valence-electron chi connectivity index (χ3n) is 3.31. The van der Waals surface area contributed by atoms with E-state index in [9.17, 15) is 9.90 Å². The highest BCUT2D eigenvalue weighted by Gasteiger charge is 2.43. The highest BCUT2D eigenvalue weighted by molar-refractivity contribution is 7.10. The van der Waals surface area contributed by atoms with Crippen molar-refractivity contribution in [3.05, 3.63) is 22.4 Å². The molecule has 0 radical (unpaired) electrons. The van der Waals surface area contributed by atoms with Crippen LogP contribution in [0.3, 0.4) is 0 Å². The normalized spacial score (nSPS) is 28.9. The number of hydrogen-bond donors (Lipinski definition) is 2. The molecule has 0 saturated heterocycles. The molecule has 0 unspecified atom stereocenters. The highest BCUT2D eigenvalue weighted by atomic mass is 35.5. The topological polar surface area (TPSA) is 49.3 Å². The molecule has 17 heavy (non-hydrogen) atoms. The molecule has 1 heterocycles. The Morgan fingerprint density at radius 1 is 1.65 bits per heavy atom. The van der Waals surface area contributed by atoms with Crippen molar-refractivity contribution in [2.45, 2.75) is 37.3 Å². The quantitative estimate of drug-likeness (QED) is 0.830. The fourth-order valence-electron chi connectivity index (χ4n) is 2.46. The molecule has 2 rings (SSSR count). The SMILES string of the molecule is O=C(CCl)N[C@]1(c2cccs2)CCCC[C@@H]1O. The number of halogens is 1. The lowest BCUT2D eigenvalue weighted by molar-refractivity contribution is -0.123. The van der Waals surface area contributed by atoms with E-state index in [-0.39, 0.29) is 11.8 Å². The minimum Gasteiger partial charge on any atom is -0.390 e. The summed E-state index contributed by atoms with van der Waals surface area (Å²) in [7, 11) is 0. The molecule has 2 N–H and O–H groups in total. The molecule has 1 aromatic heterocycles. The van der Waals surface area contributed by atoms with Crippen molar-refractivity contribution >= 4 is 28.8 Å². The third-order valence-corrected chi connectivity index (χ3v) is 4.60. The average Bonchev–Trinajstić information content (AvgIpc) is 2.86. The predicted octanol–water partition coefficient (Wildman–Crippen LogP) is 2.23. The maximum absolute atomic E-state index is 11.6. The van der Waals surface area contributed by atoms with Gasteiger partial charge in [-0.05, 0) is 24.3 Å². The number of carbonyl (C=O) groups excluding carboxylic acids is 1. The zero-order valence-electron chi connectivity index (χ0n) is 9.49. The summed E-state index contributed by atoms with van der Waals surface area (Å²) in [6.45, 7) is 0. The third kappa shape index (κ3) is 2.49. The van der Waals surface area contributed by atoms with E-state index >= 15 is 0 Å². The van der Waals surface area contributed by atoms with Crippen LogP contribution in [0.4, 0.5) is 0 Å². The van der Waals surface area contributed by atoms with Gasteiger partial charge in [0.05, 0.1) is 6.10 Å². The predicted molar refractivity (Wildman–Crippen MR) is 69.3 cm³/mol. The Kier molecular flexibility index (Phi) is 4.07. The second kappa shape index (κ2) is 5.38. The second-order valence-electron chi connectivity index (χ2n) is 4.39. The van der Waals surface area contributed by atoms with Gasteiger partial charge in [-0.15, -0.1) is 22.9 Å². The largest absolute Gasteiger partial charge is 0.390 e. The number of hydrogen-bond acceptors (Lipinski definition) is 3. The van der Waals surface area contributed by atoms with Crippen LogP contribution in [-0.4, -0.2) is 23.0 Å². The lowest BCUT2D eigenvalue weighted by Crippen LogP contribution is -2.55.